The quantitative estimate of drug-likeness (QED) is 0.316. The summed E-state index contributed by atoms with van der Waals surface area (Å²) < 4.78 is 11.7. The van der Waals surface area contributed by atoms with Crippen LogP contribution >= 0.6 is 11.3 Å². The zero-order chi connectivity index (χ0) is 21.3. The van der Waals surface area contributed by atoms with E-state index in [9.17, 15) is 25.2 Å². The molecule has 6 atom stereocenters. The molecule has 30 heavy (non-hydrogen) atoms. The molecule has 2 heterocycles. The number of hydrogen-bond acceptors (Lipinski definition) is 11. The third-order valence-corrected chi connectivity index (χ3v) is 5.82. The van der Waals surface area contributed by atoms with Crippen LogP contribution in [0.15, 0.2) is 18.2 Å². The number of aliphatic hydroxyl groups excluding tert-OH is 4. The van der Waals surface area contributed by atoms with Gasteiger partial charge in [0.1, 0.15) is 30.0 Å². The van der Waals surface area contributed by atoms with Gasteiger partial charge in [0.15, 0.2) is 5.01 Å². The number of carboxylic acids is 1. The van der Waals surface area contributed by atoms with E-state index in [1.807, 2.05) is 6.07 Å². The number of rotatable bonds is 6. The summed E-state index contributed by atoms with van der Waals surface area (Å²) in [5, 5.41) is 60.5. The predicted octanol–water partition coefficient (Wildman–Crippen LogP) is -4.50. The molecule has 0 saturated carbocycles. The van der Waals surface area contributed by atoms with Crippen LogP contribution in [0.1, 0.15) is 18.4 Å². The summed E-state index contributed by atoms with van der Waals surface area (Å²) >= 11 is 1.09. The molecule has 4 unspecified atom stereocenters. The van der Waals surface area contributed by atoms with Gasteiger partial charge >= 0.3 is 29.6 Å². The molecule has 0 bridgehead atoms. The third-order valence-electron chi connectivity index (χ3n) is 4.90. The normalized spacial score (nSPS) is 28.2. The molecule has 2 aromatic rings. The van der Waals surface area contributed by atoms with Crippen LogP contribution in [-0.2, 0) is 9.53 Å². The van der Waals surface area contributed by atoms with Crippen molar-refractivity contribution >= 4 is 27.5 Å². The van der Waals surface area contributed by atoms with Gasteiger partial charge in [0.25, 0.3) is 5.79 Å². The minimum Gasteiger partial charge on any atom is -0.543 e. The minimum atomic E-state index is -2.44. The number of fused-ring (bicyclic) bond motifs is 1. The second kappa shape index (κ2) is 9.86. The molecule has 1 fully saturated rings. The number of carbonyl (C=O) groups excluding carboxylic acids is 1. The summed E-state index contributed by atoms with van der Waals surface area (Å²) in [7, 11) is 0. The Morgan fingerprint density at radius 3 is 2.83 bits per heavy atom. The van der Waals surface area contributed by atoms with Crippen molar-refractivity contribution in [3.05, 3.63) is 23.2 Å². The second-order valence-corrected chi connectivity index (χ2v) is 7.89. The first kappa shape index (κ1) is 24.9. The van der Waals surface area contributed by atoms with Crippen molar-refractivity contribution in [2.24, 2.45) is 5.92 Å². The Kier molecular flexibility index (Phi) is 8.20. The summed E-state index contributed by atoms with van der Waals surface area (Å²) in [6.45, 7) is 0.723. The van der Waals surface area contributed by atoms with Crippen LogP contribution in [0.5, 0.6) is 5.75 Å². The smallest absolute Gasteiger partial charge is 0.543 e. The monoisotopic (exact) mass is 446 g/mol. The van der Waals surface area contributed by atoms with E-state index < -0.39 is 55.1 Å². The fourth-order valence-corrected chi connectivity index (χ4v) is 4.00. The number of aromatic nitrogens is 1. The van der Waals surface area contributed by atoms with Crippen molar-refractivity contribution in [1.82, 2.24) is 4.98 Å². The van der Waals surface area contributed by atoms with E-state index in [2.05, 4.69) is 4.98 Å². The molecule has 1 aliphatic heterocycles. The number of carboxylic acid groups (broad SMARTS) is 1. The predicted molar refractivity (Wildman–Crippen MR) is 96.5 cm³/mol. The number of nitrogens with zero attached hydrogens (tertiary/aromatic N) is 2. The van der Waals surface area contributed by atoms with Gasteiger partial charge in [-0.05, 0) is 18.2 Å². The number of aliphatic hydroxyl groups is 4. The molecular formula is C18H19N2NaO8S. The van der Waals surface area contributed by atoms with Gasteiger partial charge in [0.2, 0.25) is 0 Å². The molecule has 0 radical (unpaired) electrons. The van der Waals surface area contributed by atoms with Crippen LogP contribution in [0, 0.1) is 17.2 Å². The second-order valence-electron chi connectivity index (χ2n) is 6.86. The first-order valence-electron chi connectivity index (χ1n) is 8.74. The Labute approximate surface area is 197 Å². The molecule has 10 nitrogen and oxygen atoms in total. The molecule has 3 rings (SSSR count). The largest absolute Gasteiger partial charge is 1.00 e. The van der Waals surface area contributed by atoms with Crippen LogP contribution in [0.4, 0.5) is 0 Å². The Morgan fingerprint density at radius 1 is 1.53 bits per heavy atom. The maximum atomic E-state index is 11.9. The first-order chi connectivity index (χ1) is 13.7. The zero-order valence-electron chi connectivity index (χ0n) is 16.3. The summed E-state index contributed by atoms with van der Waals surface area (Å²) in [6, 6.07) is 6.36. The molecule has 1 saturated heterocycles. The maximum absolute atomic E-state index is 11.9. The molecular weight excluding hydrogens is 427 g/mol. The van der Waals surface area contributed by atoms with Crippen molar-refractivity contribution in [2.75, 3.05) is 6.61 Å². The van der Waals surface area contributed by atoms with E-state index in [0.717, 1.165) is 11.3 Å². The van der Waals surface area contributed by atoms with Gasteiger partial charge in [-0.25, -0.2) is 4.98 Å². The standard InChI is InChI=1S/C18H20N2O8S.Na/c1-8-11(22)5-18(17(25)26,28-16(8)15(24)12(23)7-21)27-9-2-3-10-13(4-9)29-14(6-19)20-10;/h2-4,8,11-12,15-16,21-24H,5,7H2,1H3,(H,25,26);/q;+1/p-1/t8?,11?,12-,15-,16?,18?;/m1./s1. The van der Waals surface area contributed by atoms with Crippen molar-refractivity contribution in [1.29, 1.82) is 5.26 Å². The first-order valence-corrected chi connectivity index (χ1v) is 9.56. The molecule has 1 aromatic carbocycles. The van der Waals surface area contributed by atoms with E-state index in [0.29, 0.717) is 10.2 Å². The average molecular weight is 446 g/mol. The van der Waals surface area contributed by atoms with E-state index in [1.54, 1.807) is 0 Å². The SMILES string of the molecule is CC1C(O)CC(Oc2ccc3nc(C#N)sc3c2)(C(=O)[O-])OC1[C@H](O)[C@H](O)CO.[Na+]. The van der Waals surface area contributed by atoms with Crippen LogP contribution in [0.3, 0.4) is 0 Å². The fourth-order valence-electron chi connectivity index (χ4n) is 3.21. The Bertz CT molecular complexity index is 950. The van der Waals surface area contributed by atoms with E-state index in [1.165, 1.54) is 25.1 Å². The number of hydrogen-bond donors (Lipinski definition) is 4. The Hall–Kier alpha value is -1.33. The van der Waals surface area contributed by atoms with E-state index >= 15 is 0 Å². The topological polar surface area (TPSA) is 176 Å². The fraction of sp³-hybridized carbons (Fsp3) is 0.500. The van der Waals surface area contributed by atoms with Gasteiger partial charge < -0.3 is 39.8 Å². The Morgan fingerprint density at radius 2 is 2.23 bits per heavy atom. The number of aliphatic carboxylic acids is 1. The van der Waals surface area contributed by atoms with Gasteiger partial charge in [0.05, 0.1) is 29.0 Å². The van der Waals surface area contributed by atoms with Gasteiger partial charge in [-0.2, -0.15) is 5.26 Å². The number of carbonyl (C=O) groups is 1. The molecule has 0 aliphatic carbocycles. The van der Waals surface area contributed by atoms with Crippen molar-refractivity contribution in [2.45, 2.75) is 43.5 Å². The number of ether oxygens (including phenoxy) is 2. The molecule has 4 N–H and O–H groups in total. The number of nitriles is 1. The molecule has 12 heteroatoms. The molecule has 0 amide bonds. The van der Waals surface area contributed by atoms with Crippen molar-refractivity contribution in [3.8, 4) is 11.8 Å². The van der Waals surface area contributed by atoms with Crippen LogP contribution < -0.4 is 39.4 Å². The van der Waals surface area contributed by atoms with E-state index in [4.69, 9.17) is 19.8 Å². The summed E-state index contributed by atoms with van der Waals surface area (Å²) in [4.78, 5) is 16.0. The molecule has 1 aliphatic rings. The summed E-state index contributed by atoms with van der Waals surface area (Å²) in [5.41, 5.74) is 0.527. The van der Waals surface area contributed by atoms with Gasteiger partial charge in [-0.15, -0.1) is 11.3 Å². The van der Waals surface area contributed by atoms with Gasteiger partial charge in [-0.3, -0.25) is 0 Å². The van der Waals surface area contributed by atoms with E-state index in [-0.39, 0.29) is 40.3 Å². The summed E-state index contributed by atoms with van der Waals surface area (Å²) in [6.07, 6.45) is -6.38. The summed E-state index contributed by atoms with van der Waals surface area (Å²) in [5.74, 6) is -4.92. The molecule has 0 spiro atoms. The van der Waals surface area contributed by atoms with Crippen molar-refractivity contribution < 1.29 is 69.4 Å². The third kappa shape index (κ3) is 4.77. The van der Waals surface area contributed by atoms with Crippen LogP contribution in [-0.4, -0.2) is 68.2 Å². The van der Waals surface area contributed by atoms with Crippen LogP contribution in [0.2, 0.25) is 0 Å². The molecule has 156 valence electrons. The maximum Gasteiger partial charge on any atom is 1.00 e. The number of benzene rings is 1. The zero-order valence-corrected chi connectivity index (χ0v) is 19.1. The van der Waals surface area contributed by atoms with Crippen molar-refractivity contribution in [3.63, 3.8) is 0 Å². The van der Waals surface area contributed by atoms with Crippen LogP contribution in [0.25, 0.3) is 10.2 Å². The molecule has 1 aromatic heterocycles. The average Bonchev–Trinajstić information content (AvgIpc) is 3.11. The van der Waals surface area contributed by atoms with Gasteiger partial charge in [0, 0.05) is 12.3 Å². The Balaban J connectivity index is 0.00000320. The van der Waals surface area contributed by atoms with Gasteiger partial charge in [-0.1, -0.05) is 6.92 Å². The number of thiazole rings is 1. The minimum absolute atomic E-state index is 0.